The molecule has 20 heavy (non-hydrogen) atoms. The molecule has 0 fully saturated rings. The van der Waals surface area contributed by atoms with Crippen LogP contribution in [0.3, 0.4) is 0 Å². The maximum Gasteiger partial charge on any atom is 0.0558 e. The Kier molecular flexibility index (Phi) is 6.57. The van der Waals surface area contributed by atoms with E-state index in [-0.39, 0.29) is 6.61 Å². The Balaban J connectivity index is 1.80. The van der Waals surface area contributed by atoms with Gasteiger partial charge < -0.3 is 5.11 Å². The van der Waals surface area contributed by atoms with Gasteiger partial charge in [-0.25, -0.2) is 0 Å². The highest BCUT2D eigenvalue weighted by Crippen LogP contribution is 2.17. The smallest absolute Gasteiger partial charge is 0.0558 e. The van der Waals surface area contributed by atoms with Crippen LogP contribution in [0.5, 0.6) is 0 Å². The molecule has 4 heteroatoms. The molecular formula is C16H20N2OS. The van der Waals surface area contributed by atoms with E-state index in [4.69, 9.17) is 5.11 Å². The van der Waals surface area contributed by atoms with Gasteiger partial charge >= 0.3 is 0 Å². The Morgan fingerprint density at radius 1 is 1.05 bits per heavy atom. The van der Waals surface area contributed by atoms with Gasteiger partial charge in [0.2, 0.25) is 0 Å². The monoisotopic (exact) mass is 288 g/mol. The first-order valence-corrected chi connectivity index (χ1v) is 7.77. The minimum atomic E-state index is 0.191. The number of aliphatic hydroxyl groups excluding tert-OH is 1. The average molecular weight is 288 g/mol. The number of aromatic nitrogens is 1. The minimum Gasteiger partial charge on any atom is -0.395 e. The highest BCUT2D eigenvalue weighted by atomic mass is 32.2. The third-order valence-electron chi connectivity index (χ3n) is 2.96. The first-order valence-electron chi connectivity index (χ1n) is 6.78. The van der Waals surface area contributed by atoms with E-state index in [0.717, 1.165) is 18.8 Å². The van der Waals surface area contributed by atoms with Crippen LogP contribution >= 0.6 is 11.8 Å². The zero-order valence-electron chi connectivity index (χ0n) is 11.5. The molecule has 0 amide bonds. The summed E-state index contributed by atoms with van der Waals surface area (Å²) < 4.78 is 0. The lowest BCUT2D eigenvalue weighted by Gasteiger charge is -2.20. The van der Waals surface area contributed by atoms with Gasteiger partial charge in [0.15, 0.2) is 0 Å². The maximum absolute atomic E-state index is 9.17. The zero-order valence-corrected chi connectivity index (χ0v) is 12.3. The summed E-state index contributed by atoms with van der Waals surface area (Å²) >= 11 is 1.85. The van der Waals surface area contributed by atoms with Gasteiger partial charge in [0.25, 0.3) is 0 Å². The number of nitrogens with zero attached hydrogens (tertiary/aromatic N) is 2. The van der Waals surface area contributed by atoms with E-state index >= 15 is 0 Å². The molecule has 2 rings (SSSR count). The molecule has 106 valence electrons. The summed E-state index contributed by atoms with van der Waals surface area (Å²) in [5, 5.41) is 9.17. The van der Waals surface area contributed by atoms with E-state index in [2.05, 4.69) is 40.2 Å². The van der Waals surface area contributed by atoms with Crippen molar-refractivity contribution in [1.29, 1.82) is 0 Å². The molecule has 0 atom stereocenters. The van der Waals surface area contributed by atoms with E-state index < -0.39 is 0 Å². The van der Waals surface area contributed by atoms with Crippen LogP contribution in [-0.2, 0) is 6.54 Å². The van der Waals surface area contributed by atoms with Crippen LogP contribution < -0.4 is 0 Å². The molecular weight excluding hydrogens is 268 g/mol. The SMILES string of the molecule is OCCN(CCSc1ccccc1)Cc1cccnc1. The number of benzene rings is 1. The second-order valence-electron chi connectivity index (χ2n) is 4.52. The highest BCUT2D eigenvalue weighted by Gasteiger charge is 2.05. The normalized spacial score (nSPS) is 10.9. The van der Waals surface area contributed by atoms with E-state index in [1.807, 2.05) is 30.1 Å². The van der Waals surface area contributed by atoms with Crippen LogP contribution in [0, 0.1) is 0 Å². The average Bonchev–Trinajstić information content (AvgIpc) is 2.49. The minimum absolute atomic E-state index is 0.191. The fourth-order valence-electron chi connectivity index (χ4n) is 1.97. The van der Waals surface area contributed by atoms with Gasteiger partial charge in [-0.05, 0) is 23.8 Å². The molecule has 1 aromatic heterocycles. The topological polar surface area (TPSA) is 36.4 Å². The standard InChI is InChI=1S/C16H20N2OS/c19-11-9-18(14-15-5-4-8-17-13-15)10-12-20-16-6-2-1-3-7-16/h1-8,13,19H,9-12,14H2. The number of hydrogen-bond donors (Lipinski definition) is 1. The van der Waals surface area contributed by atoms with Gasteiger partial charge in [-0.15, -0.1) is 11.8 Å². The molecule has 3 nitrogen and oxygen atoms in total. The Morgan fingerprint density at radius 2 is 1.90 bits per heavy atom. The number of aliphatic hydroxyl groups is 1. The molecule has 0 aliphatic carbocycles. The van der Waals surface area contributed by atoms with E-state index in [1.165, 1.54) is 10.5 Å². The molecule has 0 bridgehead atoms. The molecule has 1 aromatic carbocycles. The van der Waals surface area contributed by atoms with E-state index in [1.54, 1.807) is 6.20 Å². The summed E-state index contributed by atoms with van der Waals surface area (Å²) in [5.74, 6) is 1.02. The Hall–Kier alpha value is -1.36. The van der Waals surface area contributed by atoms with Crippen molar-refractivity contribution in [2.24, 2.45) is 0 Å². The fraction of sp³-hybridized carbons (Fsp3) is 0.312. The predicted molar refractivity (Wildman–Crippen MR) is 83.8 cm³/mol. The summed E-state index contributed by atoms with van der Waals surface area (Å²) in [4.78, 5) is 7.68. The summed E-state index contributed by atoms with van der Waals surface area (Å²) in [6, 6.07) is 14.4. The lowest BCUT2D eigenvalue weighted by atomic mass is 10.2. The van der Waals surface area contributed by atoms with Gasteiger partial charge in [-0.3, -0.25) is 9.88 Å². The van der Waals surface area contributed by atoms with E-state index in [0.29, 0.717) is 6.54 Å². The summed E-state index contributed by atoms with van der Waals surface area (Å²) in [6.45, 7) is 2.68. The number of rotatable bonds is 8. The lowest BCUT2D eigenvalue weighted by molar-refractivity contribution is 0.198. The third-order valence-corrected chi connectivity index (χ3v) is 3.96. The largest absolute Gasteiger partial charge is 0.395 e. The molecule has 0 aliphatic rings. The molecule has 1 N–H and O–H groups in total. The molecule has 0 radical (unpaired) electrons. The predicted octanol–water partition coefficient (Wildman–Crippen LogP) is 2.67. The van der Waals surface area contributed by atoms with Crippen molar-refractivity contribution in [2.45, 2.75) is 11.4 Å². The lowest BCUT2D eigenvalue weighted by Crippen LogP contribution is -2.28. The van der Waals surface area contributed by atoms with Crippen LogP contribution in [0.25, 0.3) is 0 Å². The summed E-state index contributed by atoms with van der Waals surface area (Å²) in [5.41, 5.74) is 1.19. The Morgan fingerprint density at radius 3 is 2.60 bits per heavy atom. The van der Waals surface area contributed by atoms with Gasteiger partial charge in [0.1, 0.15) is 0 Å². The second-order valence-corrected chi connectivity index (χ2v) is 5.69. The van der Waals surface area contributed by atoms with Gasteiger partial charge in [-0.1, -0.05) is 24.3 Å². The van der Waals surface area contributed by atoms with Crippen molar-refractivity contribution >= 4 is 11.8 Å². The van der Waals surface area contributed by atoms with Crippen LogP contribution in [0.4, 0.5) is 0 Å². The first-order chi connectivity index (χ1) is 9.88. The van der Waals surface area contributed by atoms with Crippen molar-refractivity contribution < 1.29 is 5.11 Å². The van der Waals surface area contributed by atoms with Crippen LogP contribution in [0.2, 0.25) is 0 Å². The van der Waals surface area contributed by atoms with Gasteiger partial charge in [0.05, 0.1) is 6.61 Å². The van der Waals surface area contributed by atoms with Gasteiger partial charge in [-0.2, -0.15) is 0 Å². The number of pyridine rings is 1. The molecule has 0 saturated heterocycles. The highest BCUT2D eigenvalue weighted by molar-refractivity contribution is 7.99. The Bertz CT molecular complexity index is 478. The quantitative estimate of drug-likeness (QED) is 0.758. The number of hydrogen-bond acceptors (Lipinski definition) is 4. The fourth-order valence-corrected chi connectivity index (χ4v) is 2.91. The van der Waals surface area contributed by atoms with Crippen molar-refractivity contribution in [3.05, 3.63) is 60.4 Å². The maximum atomic E-state index is 9.17. The molecule has 0 saturated carbocycles. The molecule has 1 heterocycles. The summed E-state index contributed by atoms with van der Waals surface area (Å²) in [6.07, 6.45) is 3.67. The van der Waals surface area contributed by atoms with Crippen molar-refractivity contribution in [2.75, 3.05) is 25.4 Å². The van der Waals surface area contributed by atoms with Crippen LogP contribution in [0.1, 0.15) is 5.56 Å². The molecule has 2 aromatic rings. The summed E-state index contributed by atoms with van der Waals surface area (Å²) in [7, 11) is 0. The van der Waals surface area contributed by atoms with Crippen molar-refractivity contribution in [3.8, 4) is 0 Å². The van der Waals surface area contributed by atoms with E-state index in [9.17, 15) is 0 Å². The number of thioether (sulfide) groups is 1. The van der Waals surface area contributed by atoms with Crippen molar-refractivity contribution in [3.63, 3.8) is 0 Å². The molecule has 0 aliphatic heterocycles. The van der Waals surface area contributed by atoms with Crippen molar-refractivity contribution in [1.82, 2.24) is 9.88 Å². The van der Waals surface area contributed by atoms with Crippen LogP contribution in [0.15, 0.2) is 59.8 Å². The first kappa shape index (κ1) is 15.0. The zero-order chi connectivity index (χ0) is 14.0. The molecule has 0 spiro atoms. The van der Waals surface area contributed by atoms with Crippen LogP contribution in [-0.4, -0.2) is 40.4 Å². The third kappa shape index (κ3) is 5.33. The Labute approximate surface area is 124 Å². The van der Waals surface area contributed by atoms with Gasteiger partial charge in [0, 0.05) is 42.7 Å². The molecule has 0 unspecified atom stereocenters. The second kappa shape index (κ2) is 8.74.